The Kier molecular flexibility index (Phi) is 4.51. The van der Waals surface area contributed by atoms with Gasteiger partial charge in [-0.25, -0.2) is 4.68 Å². The van der Waals surface area contributed by atoms with Crippen LogP contribution in [0.4, 0.5) is 0 Å². The van der Waals surface area contributed by atoms with Gasteiger partial charge in [-0.05, 0) is 35.9 Å². The Balaban J connectivity index is 2.02. The van der Waals surface area contributed by atoms with E-state index in [1.165, 1.54) is 16.8 Å². The molecule has 0 bridgehead atoms. The van der Waals surface area contributed by atoms with Gasteiger partial charge in [0.25, 0.3) is 5.56 Å². The van der Waals surface area contributed by atoms with Crippen molar-refractivity contribution in [2.24, 2.45) is 0 Å². The Hall–Kier alpha value is -4.06. The second kappa shape index (κ2) is 7.28. The topological polar surface area (TPSA) is 86.9 Å². The summed E-state index contributed by atoms with van der Waals surface area (Å²) in [5, 5.41) is 26.1. The Morgan fingerprint density at radius 3 is 2.07 bits per heavy atom. The number of H-pyrrole nitrogens is 1. The van der Waals surface area contributed by atoms with Gasteiger partial charge in [0.2, 0.25) is 5.71 Å². The predicted octanol–water partition coefficient (Wildman–Crippen LogP) is 1.72. The smallest absolute Gasteiger partial charge is 0.279 e. The molecule has 0 radical (unpaired) electrons. The zero-order chi connectivity index (χ0) is 19.5. The number of aromatic nitrogens is 2. The van der Waals surface area contributed by atoms with Crippen molar-refractivity contribution >= 4 is 17.4 Å². The van der Waals surface area contributed by atoms with Gasteiger partial charge in [0.15, 0.2) is 0 Å². The van der Waals surface area contributed by atoms with E-state index < -0.39 is 4.90 Å². The van der Waals surface area contributed by atoms with Crippen LogP contribution in [0.2, 0.25) is 0 Å². The minimum absolute atomic E-state index is 0.00202. The van der Waals surface area contributed by atoms with Crippen molar-refractivity contribution in [2.75, 3.05) is 0 Å². The molecule has 6 nitrogen and oxygen atoms in total. The summed E-state index contributed by atoms with van der Waals surface area (Å²) in [6, 6.07) is 18.8. The largest absolute Gasteiger partial charge is 0.612 e. The van der Waals surface area contributed by atoms with E-state index in [-0.39, 0.29) is 11.3 Å². The first-order valence-corrected chi connectivity index (χ1v) is 8.68. The summed E-state index contributed by atoms with van der Waals surface area (Å²) in [5.41, 5.74) is 2.11. The molecule has 2 aromatic carbocycles. The van der Waals surface area contributed by atoms with Gasteiger partial charge in [-0.1, -0.05) is 48.5 Å². The second-order valence-electron chi connectivity index (χ2n) is 6.24. The summed E-state index contributed by atoms with van der Waals surface area (Å²) in [7, 11) is 0. The summed E-state index contributed by atoms with van der Waals surface area (Å²) in [6.07, 6.45) is 7.96. The van der Waals surface area contributed by atoms with Crippen LogP contribution in [0.5, 0.6) is 0 Å². The van der Waals surface area contributed by atoms with Crippen LogP contribution in [-0.4, -0.2) is 20.4 Å². The van der Waals surface area contributed by atoms with E-state index in [1.54, 1.807) is 12.2 Å². The summed E-state index contributed by atoms with van der Waals surface area (Å²) < 4.78 is 1.48. The fourth-order valence-electron chi connectivity index (χ4n) is 3.03. The molecule has 3 aromatic rings. The van der Waals surface area contributed by atoms with Crippen molar-refractivity contribution in [2.45, 2.75) is 0 Å². The molecule has 138 valence electrons. The van der Waals surface area contributed by atoms with E-state index >= 15 is 0 Å². The lowest BCUT2D eigenvalue weighted by atomic mass is 10.1. The van der Waals surface area contributed by atoms with Crippen LogP contribution >= 0.6 is 0 Å². The number of aromatic amines is 1. The number of para-hydroxylation sites is 1. The summed E-state index contributed by atoms with van der Waals surface area (Å²) in [5.74, 6) is 0. The molecule has 0 fully saturated rings. The molecule has 28 heavy (non-hydrogen) atoms. The summed E-state index contributed by atoms with van der Waals surface area (Å²) in [6.45, 7) is 0. The third-order valence-corrected chi connectivity index (χ3v) is 4.42. The number of nitrogens with one attached hydrogen (secondary N) is 1. The minimum Gasteiger partial charge on any atom is -0.612 e. The average molecular weight is 370 g/mol. The van der Waals surface area contributed by atoms with Gasteiger partial charge in [0.1, 0.15) is 0 Å². The normalized spacial score (nSPS) is 13.9. The number of nitrogens with zero attached hydrogens (tertiary/aromatic N) is 2. The molecule has 1 aromatic heterocycles. The van der Waals surface area contributed by atoms with Crippen molar-refractivity contribution in [1.29, 1.82) is 0 Å². The Labute approximate surface area is 160 Å². The molecule has 0 atom stereocenters. The molecule has 1 heterocycles. The van der Waals surface area contributed by atoms with Crippen molar-refractivity contribution in [3.8, 4) is 5.69 Å². The van der Waals surface area contributed by atoms with Gasteiger partial charge in [-0.2, -0.15) is 4.90 Å². The molecule has 0 unspecified atom stereocenters. The van der Waals surface area contributed by atoms with Crippen LogP contribution in [0.25, 0.3) is 17.3 Å². The van der Waals surface area contributed by atoms with Gasteiger partial charge >= 0.3 is 0 Å². The highest BCUT2D eigenvalue weighted by atomic mass is 16.8. The average Bonchev–Trinajstić information content (AvgIpc) is 3.06. The van der Waals surface area contributed by atoms with Crippen LogP contribution < -0.4 is 16.1 Å². The van der Waals surface area contributed by atoms with Gasteiger partial charge in [0, 0.05) is 17.7 Å². The molecule has 0 aliphatic heterocycles. The number of benzene rings is 2. The van der Waals surface area contributed by atoms with Crippen LogP contribution in [-0.2, 0) is 0 Å². The highest BCUT2D eigenvalue weighted by molar-refractivity contribution is 6.05. The SMILES string of the molecule is O=c1c(=Cc2ccccc2)c(=C2C=CC(=[N+]([O-])[O-])C=C2)[nH]n1-c1ccccc1. The molecule has 1 aliphatic carbocycles. The van der Waals surface area contributed by atoms with E-state index in [2.05, 4.69) is 5.10 Å². The van der Waals surface area contributed by atoms with Gasteiger partial charge in [0.05, 0.1) is 16.3 Å². The lowest BCUT2D eigenvalue weighted by Crippen LogP contribution is -2.36. The van der Waals surface area contributed by atoms with E-state index in [0.717, 1.165) is 5.56 Å². The van der Waals surface area contributed by atoms with E-state index in [4.69, 9.17) is 0 Å². The fourth-order valence-corrected chi connectivity index (χ4v) is 3.03. The Morgan fingerprint density at radius 2 is 1.46 bits per heavy atom. The third-order valence-electron chi connectivity index (χ3n) is 4.42. The van der Waals surface area contributed by atoms with Crippen molar-refractivity contribution in [3.05, 3.63) is 122 Å². The van der Waals surface area contributed by atoms with Gasteiger partial charge in [-0.15, -0.1) is 0 Å². The summed E-state index contributed by atoms with van der Waals surface area (Å²) in [4.78, 5) is 12.7. The lowest BCUT2D eigenvalue weighted by Gasteiger charge is -2.07. The molecule has 4 rings (SSSR count). The van der Waals surface area contributed by atoms with Crippen molar-refractivity contribution in [3.63, 3.8) is 0 Å². The van der Waals surface area contributed by atoms with Crippen LogP contribution in [0.15, 0.2) is 89.8 Å². The second-order valence-corrected chi connectivity index (χ2v) is 6.24. The van der Waals surface area contributed by atoms with Gasteiger partial charge in [-0.3, -0.25) is 9.89 Å². The number of hydrogen-bond donors (Lipinski definition) is 1. The Bertz CT molecular complexity index is 1260. The number of hydrogen-bond acceptors (Lipinski definition) is 3. The molecular weight excluding hydrogens is 354 g/mol. The van der Waals surface area contributed by atoms with E-state index in [1.807, 2.05) is 66.7 Å². The third kappa shape index (κ3) is 3.31. The van der Waals surface area contributed by atoms with Crippen LogP contribution in [0.1, 0.15) is 5.56 Å². The molecule has 6 heteroatoms. The van der Waals surface area contributed by atoms with E-state index in [0.29, 0.717) is 21.8 Å². The fraction of sp³-hybridized carbons (Fsp3) is 0. The van der Waals surface area contributed by atoms with Crippen molar-refractivity contribution < 1.29 is 4.90 Å². The monoisotopic (exact) mass is 370 g/mol. The van der Waals surface area contributed by atoms with Crippen LogP contribution in [0, 0.1) is 10.4 Å². The highest BCUT2D eigenvalue weighted by Gasteiger charge is 2.10. The molecule has 0 saturated heterocycles. The molecule has 0 saturated carbocycles. The van der Waals surface area contributed by atoms with Gasteiger partial charge < -0.3 is 10.4 Å². The first-order chi connectivity index (χ1) is 13.6. The molecule has 1 aliphatic rings. The van der Waals surface area contributed by atoms with Crippen LogP contribution in [0.3, 0.4) is 0 Å². The molecule has 0 spiro atoms. The zero-order valence-electron chi connectivity index (χ0n) is 14.8. The predicted molar refractivity (Wildman–Crippen MR) is 109 cm³/mol. The Morgan fingerprint density at radius 1 is 0.857 bits per heavy atom. The zero-order valence-corrected chi connectivity index (χ0v) is 14.8. The first-order valence-electron chi connectivity index (χ1n) is 8.68. The maximum absolute atomic E-state index is 13.1. The lowest BCUT2D eigenvalue weighted by molar-refractivity contribution is -0.377. The molecular formula is C22H16N3O3-. The van der Waals surface area contributed by atoms with Crippen molar-refractivity contribution in [1.82, 2.24) is 9.78 Å². The minimum atomic E-state index is -0.446. The quantitative estimate of drug-likeness (QED) is 0.550. The number of allylic oxidation sites excluding steroid dienone is 4. The number of rotatable bonds is 2. The first kappa shape index (κ1) is 17.4. The molecule has 1 N–H and O–H groups in total. The molecule has 0 amide bonds. The maximum atomic E-state index is 13.1. The standard InChI is InChI=1S/C22H16N3O3/c26-22-20(15-16-7-3-1-4-8-16)21(17-11-13-19(14-12-17)25(27)28)23-24(22)18-9-5-2-6-10-18/h1-15,23H/q-1. The van der Waals surface area contributed by atoms with E-state index in [9.17, 15) is 15.2 Å². The highest BCUT2D eigenvalue weighted by Crippen LogP contribution is 2.06. The summed E-state index contributed by atoms with van der Waals surface area (Å²) >= 11 is 0. The maximum Gasteiger partial charge on any atom is 0.279 e.